The predicted molar refractivity (Wildman–Crippen MR) is 80.1 cm³/mol. The second kappa shape index (κ2) is 8.14. The van der Waals surface area contributed by atoms with Gasteiger partial charge in [-0.25, -0.2) is 13.1 Å². The number of hydrogen-bond acceptors (Lipinski definition) is 6. The maximum atomic E-state index is 11.9. The van der Waals surface area contributed by atoms with E-state index in [1.54, 1.807) is 11.4 Å². The third-order valence-electron chi connectivity index (χ3n) is 2.57. The van der Waals surface area contributed by atoms with E-state index < -0.39 is 21.2 Å². The van der Waals surface area contributed by atoms with Crippen molar-refractivity contribution in [1.29, 1.82) is 0 Å². The Bertz CT molecular complexity index is 639. The molecule has 0 aliphatic rings. The summed E-state index contributed by atoms with van der Waals surface area (Å²) in [5.74, 6) is 4.85. The zero-order valence-electron chi connectivity index (χ0n) is 11.8. The molecule has 0 spiro atoms. The molecule has 1 aromatic rings. The van der Waals surface area contributed by atoms with Crippen LogP contribution < -0.4 is 4.72 Å². The molecule has 0 aliphatic carbocycles. The molecule has 0 saturated carbocycles. The summed E-state index contributed by atoms with van der Waals surface area (Å²) in [6, 6.07) is 1.76. The number of sulfonamides is 1. The van der Waals surface area contributed by atoms with Gasteiger partial charge in [0.15, 0.2) is 5.25 Å². The number of ether oxygens (including phenoxy) is 1. The first kappa shape index (κ1) is 17.7. The maximum absolute atomic E-state index is 11.9. The molecule has 8 heteroatoms. The van der Waals surface area contributed by atoms with Crippen molar-refractivity contribution in [2.24, 2.45) is 0 Å². The Kier molecular flexibility index (Phi) is 6.84. The van der Waals surface area contributed by atoms with E-state index >= 15 is 0 Å². The van der Waals surface area contributed by atoms with E-state index in [-0.39, 0.29) is 13.2 Å². The van der Waals surface area contributed by atoms with Crippen LogP contribution in [0.2, 0.25) is 0 Å². The van der Waals surface area contributed by atoms with Crippen molar-refractivity contribution in [3.05, 3.63) is 21.9 Å². The van der Waals surface area contributed by atoms with Gasteiger partial charge in [0.05, 0.1) is 13.7 Å². The minimum atomic E-state index is -3.77. The lowest BCUT2D eigenvalue weighted by Gasteiger charge is -2.11. The lowest BCUT2D eigenvalue weighted by atomic mass is 10.3. The minimum Gasteiger partial charge on any atom is -0.468 e. The molecule has 0 aromatic carbocycles. The maximum Gasteiger partial charge on any atom is 0.325 e. The van der Waals surface area contributed by atoms with E-state index in [4.69, 9.17) is 5.11 Å². The molecule has 116 valence electrons. The minimum absolute atomic E-state index is 0.00914. The van der Waals surface area contributed by atoms with Gasteiger partial charge in [-0.15, -0.1) is 11.3 Å². The second-order valence-corrected chi connectivity index (χ2v) is 7.19. The molecule has 1 unspecified atom stereocenters. The lowest BCUT2D eigenvalue weighted by molar-refractivity contribution is -0.139. The molecular weight excluding hydrogens is 314 g/mol. The van der Waals surface area contributed by atoms with Gasteiger partial charge in [0.25, 0.3) is 0 Å². The van der Waals surface area contributed by atoms with Crippen LogP contribution in [-0.4, -0.2) is 38.5 Å². The molecule has 0 radical (unpaired) electrons. The Morgan fingerprint density at radius 2 is 2.29 bits per heavy atom. The lowest BCUT2D eigenvalue weighted by Crippen LogP contribution is -2.37. The van der Waals surface area contributed by atoms with Crippen LogP contribution in [-0.2, 0) is 26.1 Å². The third-order valence-corrected chi connectivity index (χ3v) is 5.18. The number of aliphatic hydroxyl groups is 1. The molecule has 21 heavy (non-hydrogen) atoms. The molecule has 0 aliphatic heterocycles. The fourth-order valence-electron chi connectivity index (χ4n) is 1.35. The number of carbonyl (C=O) groups is 1. The summed E-state index contributed by atoms with van der Waals surface area (Å²) in [5, 5.41) is 9.17. The molecule has 1 rings (SSSR count). The van der Waals surface area contributed by atoms with Crippen LogP contribution in [0.15, 0.2) is 11.4 Å². The molecule has 2 N–H and O–H groups in total. The van der Waals surface area contributed by atoms with Crippen molar-refractivity contribution in [2.45, 2.75) is 25.1 Å². The van der Waals surface area contributed by atoms with Gasteiger partial charge < -0.3 is 9.84 Å². The molecule has 0 fully saturated rings. The van der Waals surface area contributed by atoms with E-state index in [9.17, 15) is 13.2 Å². The third kappa shape index (κ3) is 5.47. The zero-order valence-corrected chi connectivity index (χ0v) is 13.4. The van der Waals surface area contributed by atoms with Crippen molar-refractivity contribution in [3.8, 4) is 11.8 Å². The summed E-state index contributed by atoms with van der Waals surface area (Å²) in [6.07, 6.45) is 0.397. The Labute approximate surface area is 128 Å². The zero-order chi connectivity index (χ0) is 15.9. The summed E-state index contributed by atoms with van der Waals surface area (Å²) in [5.41, 5.74) is 0.767. The van der Waals surface area contributed by atoms with Gasteiger partial charge in [0, 0.05) is 28.8 Å². The number of esters is 1. The fourth-order valence-corrected chi connectivity index (χ4v) is 3.15. The van der Waals surface area contributed by atoms with Crippen LogP contribution >= 0.6 is 11.3 Å². The van der Waals surface area contributed by atoms with Crippen LogP contribution in [0.4, 0.5) is 0 Å². The van der Waals surface area contributed by atoms with Crippen molar-refractivity contribution in [3.63, 3.8) is 0 Å². The van der Waals surface area contributed by atoms with E-state index in [0.717, 1.165) is 17.6 Å². The number of hydrogen-bond donors (Lipinski definition) is 2. The van der Waals surface area contributed by atoms with E-state index in [1.807, 2.05) is 0 Å². The van der Waals surface area contributed by atoms with E-state index in [2.05, 4.69) is 21.3 Å². The summed E-state index contributed by atoms with van der Waals surface area (Å²) in [6.45, 7) is 1.37. The number of thiophene rings is 1. The van der Waals surface area contributed by atoms with Crippen molar-refractivity contribution in [1.82, 2.24) is 4.72 Å². The Morgan fingerprint density at radius 3 is 2.90 bits per heavy atom. The number of carbonyl (C=O) groups excluding carboxylic acids is 1. The van der Waals surface area contributed by atoms with Gasteiger partial charge in [0.1, 0.15) is 0 Å². The average Bonchev–Trinajstić information content (AvgIpc) is 2.92. The first-order chi connectivity index (χ1) is 9.90. The van der Waals surface area contributed by atoms with Gasteiger partial charge in [-0.2, -0.15) is 0 Å². The van der Waals surface area contributed by atoms with Crippen LogP contribution in [0.25, 0.3) is 0 Å². The van der Waals surface area contributed by atoms with E-state index in [1.165, 1.54) is 18.3 Å². The molecule has 1 heterocycles. The molecule has 0 amide bonds. The number of aliphatic hydroxyl groups excluding tert-OH is 1. The number of nitrogens with one attached hydrogen (secondary N) is 1. The number of rotatable bonds is 6. The van der Waals surface area contributed by atoms with Gasteiger partial charge in [-0.3, -0.25) is 4.79 Å². The second-order valence-electron chi connectivity index (χ2n) is 4.11. The van der Waals surface area contributed by atoms with Gasteiger partial charge in [-0.05, 0) is 13.0 Å². The SMILES string of the molecule is COC(=O)C(C)S(=O)(=O)NCc1cc(C#CCCO)cs1. The van der Waals surface area contributed by atoms with Gasteiger partial charge in [-0.1, -0.05) is 11.8 Å². The van der Waals surface area contributed by atoms with Gasteiger partial charge >= 0.3 is 5.97 Å². The average molecular weight is 331 g/mol. The normalized spacial score (nSPS) is 12.3. The topological polar surface area (TPSA) is 92.7 Å². The number of methoxy groups -OCH3 is 1. The smallest absolute Gasteiger partial charge is 0.325 e. The molecule has 0 saturated heterocycles. The quantitative estimate of drug-likeness (QED) is 0.584. The molecule has 1 aromatic heterocycles. The highest BCUT2D eigenvalue weighted by atomic mass is 32.2. The molecule has 6 nitrogen and oxygen atoms in total. The molecule has 0 bridgehead atoms. The molecule has 1 atom stereocenters. The first-order valence-corrected chi connectivity index (χ1v) is 8.56. The fraction of sp³-hybridized carbons (Fsp3) is 0.462. The van der Waals surface area contributed by atoms with Crippen molar-refractivity contribution in [2.75, 3.05) is 13.7 Å². The monoisotopic (exact) mass is 331 g/mol. The standard InChI is InChI=1S/C13H17NO5S2/c1-10(13(16)19-2)21(17,18)14-8-12-7-11(9-20-12)5-3-4-6-15/h7,9-10,14-15H,4,6,8H2,1-2H3. The summed E-state index contributed by atoms with van der Waals surface area (Å²) in [7, 11) is -2.62. The van der Waals surface area contributed by atoms with Gasteiger partial charge in [0.2, 0.25) is 10.0 Å². The van der Waals surface area contributed by atoms with E-state index in [0.29, 0.717) is 6.42 Å². The van der Waals surface area contributed by atoms with Crippen LogP contribution in [0, 0.1) is 11.8 Å². The van der Waals surface area contributed by atoms with Crippen LogP contribution in [0.5, 0.6) is 0 Å². The van der Waals surface area contributed by atoms with Crippen molar-refractivity contribution >= 4 is 27.3 Å². The first-order valence-electron chi connectivity index (χ1n) is 6.14. The summed E-state index contributed by atoms with van der Waals surface area (Å²) >= 11 is 1.37. The predicted octanol–water partition coefficient (Wildman–Crippen LogP) is 0.463. The Balaban J connectivity index is 2.64. The summed E-state index contributed by atoms with van der Waals surface area (Å²) < 4.78 is 30.5. The Hall–Kier alpha value is -1.40. The highest BCUT2D eigenvalue weighted by Gasteiger charge is 2.28. The van der Waals surface area contributed by atoms with Crippen LogP contribution in [0.1, 0.15) is 23.8 Å². The van der Waals surface area contributed by atoms with Crippen LogP contribution in [0.3, 0.4) is 0 Å². The largest absolute Gasteiger partial charge is 0.468 e. The highest BCUT2D eigenvalue weighted by Crippen LogP contribution is 2.14. The molecular formula is C13H17NO5S2. The Morgan fingerprint density at radius 1 is 1.57 bits per heavy atom. The summed E-state index contributed by atoms with van der Waals surface area (Å²) in [4.78, 5) is 12.0. The highest BCUT2D eigenvalue weighted by molar-refractivity contribution is 7.90. The van der Waals surface area contributed by atoms with Crippen molar-refractivity contribution < 1.29 is 23.1 Å².